The molecule has 0 radical (unpaired) electrons. The van der Waals surface area contributed by atoms with Gasteiger partial charge in [-0.3, -0.25) is 14.5 Å². The highest BCUT2D eigenvalue weighted by Gasteiger charge is 2.34. The number of imide groups is 1. The van der Waals surface area contributed by atoms with Gasteiger partial charge >= 0.3 is 0 Å². The smallest absolute Gasteiger partial charge is 0.295 e. The van der Waals surface area contributed by atoms with Gasteiger partial charge in [-0.15, -0.1) is 0 Å². The first-order valence-electron chi connectivity index (χ1n) is 7.56. The van der Waals surface area contributed by atoms with Gasteiger partial charge in [-0.2, -0.15) is 0 Å². The fourth-order valence-electron chi connectivity index (χ4n) is 2.30. The molecule has 0 bridgehead atoms. The van der Waals surface area contributed by atoms with E-state index in [0.717, 1.165) is 22.2 Å². The molecule has 0 aromatic heterocycles. The van der Waals surface area contributed by atoms with Gasteiger partial charge in [0, 0.05) is 5.69 Å². The van der Waals surface area contributed by atoms with Crippen LogP contribution >= 0.6 is 35.0 Å². The summed E-state index contributed by atoms with van der Waals surface area (Å²) >= 11 is 12.7. The molecule has 1 N–H and O–H groups in total. The number of methoxy groups -OCH3 is 1. The molecule has 1 aliphatic heterocycles. The van der Waals surface area contributed by atoms with Crippen molar-refractivity contribution in [3.8, 4) is 5.75 Å². The highest BCUT2D eigenvalue weighted by molar-refractivity contribution is 8.18. The van der Waals surface area contributed by atoms with Crippen molar-refractivity contribution in [2.45, 2.75) is 0 Å². The zero-order valence-electron chi connectivity index (χ0n) is 13.7. The van der Waals surface area contributed by atoms with E-state index in [1.54, 1.807) is 37.5 Å². The summed E-state index contributed by atoms with van der Waals surface area (Å²) in [4.78, 5) is 26.2. The number of nitrogens with zero attached hydrogens (tertiary/aromatic N) is 1. The van der Waals surface area contributed by atoms with Crippen LogP contribution in [0.1, 0.15) is 5.56 Å². The van der Waals surface area contributed by atoms with E-state index in [1.165, 1.54) is 0 Å². The van der Waals surface area contributed by atoms with Crippen molar-refractivity contribution in [2.24, 2.45) is 0 Å². The largest absolute Gasteiger partial charge is 0.497 e. The van der Waals surface area contributed by atoms with Crippen LogP contribution in [0.5, 0.6) is 5.75 Å². The van der Waals surface area contributed by atoms with Gasteiger partial charge in [-0.05, 0) is 53.7 Å². The third-order valence-corrected chi connectivity index (χ3v) is 5.27. The molecule has 0 aliphatic carbocycles. The van der Waals surface area contributed by atoms with Crippen LogP contribution in [-0.2, 0) is 4.79 Å². The van der Waals surface area contributed by atoms with Crippen LogP contribution in [0.15, 0.2) is 47.4 Å². The minimum absolute atomic E-state index is 0.0398. The lowest BCUT2D eigenvalue weighted by Crippen LogP contribution is -2.33. The van der Waals surface area contributed by atoms with E-state index in [2.05, 4.69) is 5.32 Å². The molecule has 134 valence electrons. The van der Waals surface area contributed by atoms with Crippen molar-refractivity contribution in [1.29, 1.82) is 0 Å². The van der Waals surface area contributed by atoms with Gasteiger partial charge < -0.3 is 10.1 Å². The summed E-state index contributed by atoms with van der Waals surface area (Å²) in [6, 6.07) is 12.3. The Morgan fingerprint density at radius 3 is 2.69 bits per heavy atom. The van der Waals surface area contributed by atoms with E-state index >= 15 is 0 Å². The Balaban J connectivity index is 1.72. The fraction of sp³-hybridized carbons (Fsp3) is 0.111. The summed E-state index contributed by atoms with van der Waals surface area (Å²) in [5.41, 5.74) is 1.45. The molecule has 3 rings (SSSR count). The molecule has 2 aromatic carbocycles. The van der Waals surface area contributed by atoms with E-state index in [0.29, 0.717) is 26.4 Å². The van der Waals surface area contributed by atoms with Crippen molar-refractivity contribution in [1.82, 2.24) is 4.90 Å². The highest BCUT2D eigenvalue weighted by atomic mass is 35.5. The van der Waals surface area contributed by atoms with Crippen LogP contribution in [0, 0.1) is 0 Å². The van der Waals surface area contributed by atoms with E-state index < -0.39 is 0 Å². The topological polar surface area (TPSA) is 58.6 Å². The number of rotatable bonds is 5. The number of hydrogen-bond acceptors (Lipinski definition) is 5. The maximum Gasteiger partial charge on any atom is 0.295 e. The Bertz CT molecular complexity index is 902. The number of anilines is 1. The Hall–Kier alpha value is -2.15. The van der Waals surface area contributed by atoms with Crippen molar-refractivity contribution in [3.05, 3.63) is 63.0 Å². The number of carbonyl (C=O) groups is 2. The van der Waals surface area contributed by atoms with Crippen LogP contribution in [-0.4, -0.2) is 29.8 Å². The molecule has 0 saturated carbocycles. The second-order valence-corrected chi connectivity index (χ2v) is 7.16. The molecule has 2 amide bonds. The van der Waals surface area contributed by atoms with Gasteiger partial charge in [-0.25, -0.2) is 0 Å². The number of amides is 2. The molecule has 0 spiro atoms. The summed E-state index contributed by atoms with van der Waals surface area (Å²) in [7, 11) is 1.57. The van der Waals surface area contributed by atoms with Gasteiger partial charge in [0.05, 0.1) is 28.7 Å². The van der Waals surface area contributed by atoms with Crippen LogP contribution < -0.4 is 10.1 Å². The Labute approximate surface area is 164 Å². The zero-order valence-corrected chi connectivity index (χ0v) is 16.0. The van der Waals surface area contributed by atoms with Crippen molar-refractivity contribution < 1.29 is 14.3 Å². The molecular weight excluding hydrogens is 395 g/mol. The van der Waals surface area contributed by atoms with Crippen LogP contribution in [0.4, 0.5) is 10.5 Å². The van der Waals surface area contributed by atoms with Gasteiger partial charge in [0.15, 0.2) is 0 Å². The molecule has 1 heterocycles. The maximum absolute atomic E-state index is 12.5. The second-order valence-electron chi connectivity index (χ2n) is 5.35. The predicted molar refractivity (Wildman–Crippen MR) is 106 cm³/mol. The quantitative estimate of drug-likeness (QED) is 0.696. The summed E-state index contributed by atoms with van der Waals surface area (Å²) < 4.78 is 5.17. The number of halogens is 2. The van der Waals surface area contributed by atoms with E-state index in [4.69, 9.17) is 27.9 Å². The molecule has 0 unspecified atom stereocenters. The lowest BCUT2D eigenvalue weighted by atomic mass is 10.2. The van der Waals surface area contributed by atoms with Crippen molar-refractivity contribution in [2.75, 3.05) is 19.1 Å². The number of benzene rings is 2. The average Bonchev–Trinajstić information content (AvgIpc) is 2.89. The standard InChI is InChI=1S/C18H14Cl2N2O3S/c1-25-13-4-2-3-11(7-13)8-16-17(23)22(18(24)26-16)10-21-12-5-6-14(19)15(20)9-12/h2-9,21H,10H2,1H3. The molecule has 8 heteroatoms. The summed E-state index contributed by atoms with van der Waals surface area (Å²) in [5, 5.41) is 3.49. The van der Waals surface area contributed by atoms with E-state index in [1.807, 2.05) is 18.2 Å². The number of ether oxygens (including phenoxy) is 1. The first-order valence-corrected chi connectivity index (χ1v) is 9.13. The van der Waals surface area contributed by atoms with Crippen molar-refractivity contribution >= 4 is 57.9 Å². The number of thioether (sulfide) groups is 1. The lowest BCUT2D eigenvalue weighted by molar-refractivity contribution is -0.122. The monoisotopic (exact) mass is 408 g/mol. The Kier molecular flexibility index (Phi) is 5.76. The maximum atomic E-state index is 12.5. The van der Waals surface area contributed by atoms with Gasteiger partial charge in [-0.1, -0.05) is 35.3 Å². The first-order chi connectivity index (χ1) is 12.5. The van der Waals surface area contributed by atoms with Crippen molar-refractivity contribution in [3.63, 3.8) is 0 Å². The molecule has 1 saturated heterocycles. The van der Waals surface area contributed by atoms with Gasteiger partial charge in [0.25, 0.3) is 11.1 Å². The van der Waals surface area contributed by atoms with Crippen LogP contribution in [0.3, 0.4) is 0 Å². The summed E-state index contributed by atoms with van der Waals surface area (Å²) in [6.07, 6.45) is 1.67. The molecule has 2 aromatic rings. The number of hydrogen-bond donors (Lipinski definition) is 1. The van der Waals surface area contributed by atoms with E-state index in [-0.39, 0.29) is 17.8 Å². The second kappa shape index (κ2) is 8.03. The fourth-order valence-corrected chi connectivity index (χ4v) is 3.43. The third-order valence-electron chi connectivity index (χ3n) is 3.63. The molecule has 5 nitrogen and oxygen atoms in total. The minimum atomic E-state index is -0.351. The third kappa shape index (κ3) is 4.15. The van der Waals surface area contributed by atoms with Gasteiger partial charge in [0.2, 0.25) is 0 Å². The SMILES string of the molecule is COc1cccc(C=C2SC(=O)N(CNc3ccc(Cl)c(Cl)c3)C2=O)c1. The minimum Gasteiger partial charge on any atom is -0.497 e. The normalized spacial score (nSPS) is 15.7. The molecule has 26 heavy (non-hydrogen) atoms. The Morgan fingerprint density at radius 2 is 1.96 bits per heavy atom. The summed E-state index contributed by atoms with van der Waals surface area (Å²) in [6.45, 7) is 0.0398. The number of carbonyl (C=O) groups excluding carboxylic acids is 2. The summed E-state index contributed by atoms with van der Waals surface area (Å²) in [5.74, 6) is 0.328. The molecular formula is C18H14Cl2N2O3S. The lowest BCUT2D eigenvalue weighted by Gasteiger charge is -2.14. The number of nitrogens with one attached hydrogen (secondary N) is 1. The molecule has 1 fully saturated rings. The predicted octanol–water partition coefficient (Wildman–Crippen LogP) is 5.11. The molecule has 0 atom stereocenters. The first kappa shape index (κ1) is 18.6. The van der Waals surface area contributed by atoms with Gasteiger partial charge in [0.1, 0.15) is 5.75 Å². The average molecular weight is 409 g/mol. The van der Waals surface area contributed by atoms with E-state index in [9.17, 15) is 9.59 Å². The van der Waals surface area contributed by atoms with Crippen LogP contribution in [0.25, 0.3) is 6.08 Å². The van der Waals surface area contributed by atoms with Crippen LogP contribution in [0.2, 0.25) is 10.0 Å². The molecule has 1 aliphatic rings. The zero-order chi connectivity index (χ0) is 18.7. The highest BCUT2D eigenvalue weighted by Crippen LogP contribution is 2.33. The Morgan fingerprint density at radius 1 is 1.15 bits per heavy atom.